The molecule has 0 aliphatic carbocycles. The lowest BCUT2D eigenvalue weighted by molar-refractivity contribution is 1.02. The highest BCUT2D eigenvalue weighted by Crippen LogP contribution is 2.13. The second-order valence-electron chi connectivity index (χ2n) is 2.34. The van der Waals surface area contributed by atoms with Crippen LogP contribution in [0.1, 0.15) is 17.1 Å². The largest absolute Gasteiger partial charge is 0.243 e. The van der Waals surface area contributed by atoms with Crippen LogP contribution in [0.3, 0.4) is 0 Å². The smallest absolute Gasteiger partial charge is 0.188 e. The van der Waals surface area contributed by atoms with Gasteiger partial charge in [-0.15, -0.1) is 0 Å². The Morgan fingerprint density at radius 2 is 1.92 bits per heavy atom. The van der Waals surface area contributed by atoms with Crippen molar-refractivity contribution in [2.24, 2.45) is 4.99 Å². The van der Waals surface area contributed by atoms with E-state index in [-0.39, 0.29) is 5.69 Å². The van der Waals surface area contributed by atoms with Crippen molar-refractivity contribution >= 4 is 12.5 Å². The van der Waals surface area contributed by atoms with Gasteiger partial charge in [0.25, 0.3) is 0 Å². The van der Waals surface area contributed by atoms with Crippen molar-refractivity contribution in [2.45, 2.75) is 13.8 Å². The fraction of sp³-hybridized carbons (Fsp3) is 0.250. The molecule has 0 aliphatic heterocycles. The van der Waals surface area contributed by atoms with E-state index >= 15 is 0 Å². The molecule has 0 amide bonds. The van der Waals surface area contributed by atoms with Crippen LogP contribution >= 0.6 is 0 Å². The predicted octanol–water partition coefficient (Wildman–Crippen LogP) is 1.30. The molecule has 4 heteroatoms. The molecule has 1 heterocycles. The number of hydrogen-bond acceptors (Lipinski definition) is 4. The van der Waals surface area contributed by atoms with Crippen LogP contribution in [0.4, 0.5) is 5.82 Å². The highest BCUT2D eigenvalue weighted by Gasteiger charge is 2.05. The third kappa shape index (κ3) is 1.30. The quantitative estimate of drug-likeness (QED) is 0.581. The minimum atomic E-state index is 0.230. The van der Waals surface area contributed by atoms with Gasteiger partial charge in [-0.05, 0) is 20.6 Å². The van der Waals surface area contributed by atoms with Gasteiger partial charge in [0.05, 0.1) is 11.4 Å². The minimum absolute atomic E-state index is 0.230. The molecule has 0 N–H and O–H groups in total. The van der Waals surface area contributed by atoms with Crippen LogP contribution in [-0.2, 0) is 0 Å². The van der Waals surface area contributed by atoms with Crippen LogP contribution < -0.4 is 0 Å². The molecule has 0 aromatic carbocycles. The van der Waals surface area contributed by atoms with Crippen LogP contribution in [0, 0.1) is 25.2 Å². The number of rotatable bonds is 1. The first-order chi connectivity index (χ1) is 5.69. The van der Waals surface area contributed by atoms with Crippen molar-refractivity contribution < 1.29 is 0 Å². The molecule has 0 atom stereocenters. The first-order valence-electron chi connectivity index (χ1n) is 3.41. The average molecular weight is 160 g/mol. The Kier molecular flexibility index (Phi) is 2.15. The van der Waals surface area contributed by atoms with Crippen LogP contribution in [0.15, 0.2) is 4.99 Å². The Balaban J connectivity index is 3.41. The zero-order chi connectivity index (χ0) is 9.14. The van der Waals surface area contributed by atoms with Crippen LogP contribution in [0.25, 0.3) is 0 Å². The third-order valence-electron chi connectivity index (χ3n) is 1.54. The van der Waals surface area contributed by atoms with Crippen LogP contribution in [0.2, 0.25) is 0 Å². The van der Waals surface area contributed by atoms with E-state index in [4.69, 9.17) is 5.26 Å². The van der Waals surface area contributed by atoms with Gasteiger partial charge in [-0.25, -0.2) is 15.0 Å². The van der Waals surface area contributed by atoms with E-state index < -0.39 is 0 Å². The summed E-state index contributed by atoms with van der Waals surface area (Å²) in [4.78, 5) is 11.6. The first-order valence-corrected chi connectivity index (χ1v) is 3.41. The standard InChI is InChI=1S/C8H8N4/c1-5-6(2)12-8(10-3)7(4-9)11-5/h3H2,1-2H3. The second-order valence-corrected chi connectivity index (χ2v) is 2.34. The number of aromatic nitrogens is 2. The Morgan fingerprint density at radius 3 is 2.42 bits per heavy atom. The highest BCUT2D eigenvalue weighted by molar-refractivity contribution is 5.49. The van der Waals surface area contributed by atoms with E-state index in [1.165, 1.54) is 0 Å². The molecule has 4 nitrogen and oxygen atoms in total. The lowest BCUT2D eigenvalue weighted by Crippen LogP contribution is -1.95. The number of aryl methyl sites for hydroxylation is 2. The molecule has 0 spiro atoms. The molecule has 0 aliphatic rings. The van der Waals surface area contributed by atoms with Crippen molar-refractivity contribution in [3.8, 4) is 6.07 Å². The summed E-state index contributed by atoms with van der Waals surface area (Å²) in [5.41, 5.74) is 1.75. The SMILES string of the molecule is C=Nc1nc(C)c(C)nc1C#N. The monoisotopic (exact) mass is 160 g/mol. The summed E-state index contributed by atoms with van der Waals surface area (Å²) >= 11 is 0. The summed E-state index contributed by atoms with van der Waals surface area (Å²) in [6.07, 6.45) is 0. The van der Waals surface area contributed by atoms with E-state index in [2.05, 4.69) is 21.7 Å². The summed E-state index contributed by atoms with van der Waals surface area (Å²) in [6, 6.07) is 1.91. The van der Waals surface area contributed by atoms with E-state index in [0.717, 1.165) is 11.4 Å². The molecular weight excluding hydrogens is 152 g/mol. The maximum Gasteiger partial charge on any atom is 0.188 e. The van der Waals surface area contributed by atoms with Crippen molar-refractivity contribution in [1.29, 1.82) is 5.26 Å². The van der Waals surface area contributed by atoms with E-state index in [1.54, 1.807) is 6.92 Å². The topological polar surface area (TPSA) is 61.9 Å². The summed E-state index contributed by atoms with van der Waals surface area (Å²) < 4.78 is 0. The van der Waals surface area contributed by atoms with Crippen molar-refractivity contribution in [1.82, 2.24) is 9.97 Å². The van der Waals surface area contributed by atoms with Gasteiger partial charge in [0.1, 0.15) is 6.07 Å². The van der Waals surface area contributed by atoms with Gasteiger partial charge >= 0.3 is 0 Å². The molecule has 0 saturated heterocycles. The Morgan fingerprint density at radius 1 is 1.33 bits per heavy atom. The lowest BCUT2D eigenvalue weighted by Gasteiger charge is -2.00. The maximum atomic E-state index is 8.62. The normalized spacial score (nSPS) is 9.08. The molecule has 1 aromatic rings. The molecule has 1 rings (SSSR count). The molecule has 12 heavy (non-hydrogen) atoms. The predicted molar refractivity (Wildman–Crippen MR) is 45.4 cm³/mol. The highest BCUT2D eigenvalue weighted by atomic mass is 15.0. The van der Waals surface area contributed by atoms with Gasteiger partial charge < -0.3 is 0 Å². The third-order valence-corrected chi connectivity index (χ3v) is 1.54. The molecule has 0 unspecified atom stereocenters. The van der Waals surface area contributed by atoms with Crippen molar-refractivity contribution in [3.05, 3.63) is 17.1 Å². The van der Waals surface area contributed by atoms with Gasteiger partial charge in [-0.3, -0.25) is 0 Å². The maximum absolute atomic E-state index is 8.62. The average Bonchev–Trinajstić information content (AvgIpc) is 2.09. The Bertz CT molecular complexity index is 362. The number of hydrogen-bond donors (Lipinski definition) is 0. The van der Waals surface area contributed by atoms with Gasteiger partial charge in [-0.1, -0.05) is 0 Å². The summed E-state index contributed by atoms with van der Waals surface area (Å²) in [5.74, 6) is 0.306. The summed E-state index contributed by atoms with van der Waals surface area (Å²) in [5, 5.41) is 8.62. The Hall–Kier alpha value is -1.76. The molecule has 0 radical (unpaired) electrons. The number of nitriles is 1. The molecule has 60 valence electrons. The summed E-state index contributed by atoms with van der Waals surface area (Å²) in [6.45, 7) is 6.93. The van der Waals surface area contributed by atoms with Crippen LogP contribution in [0.5, 0.6) is 0 Å². The molecular formula is C8H8N4. The summed E-state index contributed by atoms with van der Waals surface area (Å²) in [7, 11) is 0. The number of nitrogens with zero attached hydrogens (tertiary/aromatic N) is 4. The number of aliphatic imine (C=N–C) groups is 1. The molecule has 1 aromatic heterocycles. The molecule has 0 fully saturated rings. The lowest BCUT2D eigenvalue weighted by atomic mass is 10.3. The van der Waals surface area contributed by atoms with E-state index in [0.29, 0.717) is 5.82 Å². The minimum Gasteiger partial charge on any atom is -0.243 e. The van der Waals surface area contributed by atoms with E-state index in [9.17, 15) is 0 Å². The zero-order valence-electron chi connectivity index (χ0n) is 7.00. The first kappa shape index (κ1) is 8.34. The Labute approximate surface area is 70.6 Å². The van der Waals surface area contributed by atoms with Crippen molar-refractivity contribution in [3.63, 3.8) is 0 Å². The van der Waals surface area contributed by atoms with Crippen molar-refractivity contribution in [2.75, 3.05) is 0 Å². The fourth-order valence-electron chi connectivity index (χ4n) is 0.777. The second kappa shape index (κ2) is 3.09. The molecule has 0 saturated carbocycles. The van der Waals surface area contributed by atoms with E-state index in [1.807, 2.05) is 13.0 Å². The van der Waals surface area contributed by atoms with Gasteiger partial charge in [0.15, 0.2) is 11.5 Å². The zero-order valence-corrected chi connectivity index (χ0v) is 7.00. The van der Waals surface area contributed by atoms with Gasteiger partial charge in [0.2, 0.25) is 0 Å². The molecule has 0 bridgehead atoms. The fourth-order valence-corrected chi connectivity index (χ4v) is 0.777. The van der Waals surface area contributed by atoms with Crippen LogP contribution in [-0.4, -0.2) is 16.7 Å². The van der Waals surface area contributed by atoms with Gasteiger partial charge in [0, 0.05) is 0 Å². The van der Waals surface area contributed by atoms with Gasteiger partial charge in [-0.2, -0.15) is 5.26 Å².